The van der Waals surface area contributed by atoms with Gasteiger partial charge < -0.3 is 9.80 Å². The molecule has 1 saturated heterocycles. The largest absolute Gasteiger partial charge is 0.370 e. The highest BCUT2D eigenvalue weighted by atomic mass is 35.5. The second kappa shape index (κ2) is 5.93. The van der Waals surface area contributed by atoms with Crippen LogP contribution in [-0.4, -0.2) is 43.9 Å². The maximum Gasteiger partial charge on any atom is 0.161 e. The third-order valence-corrected chi connectivity index (χ3v) is 4.20. The summed E-state index contributed by atoms with van der Waals surface area (Å²) >= 11 is 6.18. The average Bonchev–Trinajstić information content (AvgIpc) is 2.37. The fourth-order valence-corrected chi connectivity index (χ4v) is 2.98. The topological polar surface area (TPSA) is 23.6 Å². The van der Waals surface area contributed by atoms with Gasteiger partial charge in [-0.2, -0.15) is 0 Å². The monoisotopic (exact) mass is 280 g/mol. The molecule has 0 N–H and O–H groups in total. The molecule has 1 fully saturated rings. The van der Waals surface area contributed by atoms with E-state index >= 15 is 0 Å². The summed E-state index contributed by atoms with van der Waals surface area (Å²) in [5.41, 5.74) is 1.68. The number of ketones is 1. The number of piperidine rings is 1. The molecule has 1 aromatic carbocycles. The molecule has 0 spiro atoms. The molecule has 1 aliphatic heterocycles. The van der Waals surface area contributed by atoms with Gasteiger partial charge in [0.1, 0.15) is 0 Å². The Kier molecular flexibility index (Phi) is 4.48. The highest BCUT2D eigenvalue weighted by Gasteiger charge is 2.21. The van der Waals surface area contributed by atoms with Crippen LogP contribution < -0.4 is 4.90 Å². The Bertz CT molecular complexity index is 475. The standard InChI is InChI=1S/C15H21ClN2O/c1-11(19)14-7-6-12(9-15(14)16)18(3)13-5-4-8-17(2)10-13/h6-7,9,13H,4-5,8,10H2,1-3H3. The minimum absolute atomic E-state index is 0.0107. The highest BCUT2D eigenvalue weighted by molar-refractivity contribution is 6.34. The van der Waals surface area contributed by atoms with Crippen LogP contribution in [0.2, 0.25) is 5.02 Å². The molecule has 1 atom stereocenters. The number of hydrogen-bond acceptors (Lipinski definition) is 3. The van der Waals surface area contributed by atoms with Gasteiger partial charge in [0.05, 0.1) is 5.02 Å². The second-order valence-corrected chi connectivity index (χ2v) is 5.80. The summed E-state index contributed by atoms with van der Waals surface area (Å²) < 4.78 is 0. The molecule has 1 aliphatic rings. The first-order valence-corrected chi connectivity index (χ1v) is 7.08. The lowest BCUT2D eigenvalue weighted by atomic mass is 10.0. The number of rotatable bonds is 3. The molecule has 0 aromatic heterocycles. The molecule has 104 valence electrons. The number of hydrogen-bond donors (Lipinski definition) is 0. The lowest BCUT2D eigenvalue weighted by Crippen LogP contribution is -2.45. The van der Waals surface area contributed by atoms with E-state index < -0.39 is 0 Å². The van der Waals surface area contributed by atoms with Crippen LogP contribution in [0.1, 0.15) is 30.1 Å². The quantitative estimate of drug-likeness (QED) is 0.795. The zero-order valence-corrected chi connectivity index (χ0v) is 12.6. The van der Waals surface area contributed by atoms with Crippen molar-refractivity contribution in [2.75, 3.05) is 32.1 Å². The van der Waals surface area contributed by atoms with Gasteiger partial charge in [-0.3, -0.25) is 4.79 Å². The van der Waals surface area contributed by atoms with E-state index in [4.69, 9.17) is 11.6 Å². The molecule has 2 rings (SSSR count). The summed E-state index contributed by atoms with van der Waals surface area (Å²) in [7, 11) is 4.26. The molecule has 0 saturated carbocycles. The van der Waals surface area contributed by atoms with Gasteiger partial charge in [-0.1, -0.05) is 11.6 Å². The number of likely N-dealkylation sites (N-methyl/N-ethyl adjacent to an activating group) is 2. The van der Waals surface area contributed by atoms with Gasteiger partial charge in [-0.05, 0) is 51.6 Å². The van der Waals surface area contributed by atoms with E-state index in [-0.39, 0.29) is 5.78 Å². The Morgan fingerprint density at radius 2 is 2.21 bits per heavy atom. The van der Waals surface area contributed by atoms with Crippen LogP contribution in [0.25, 0.3) is 0 Å². The molecule has 1 aromatic rings. The highest BCUT2D eigenvalue weighted by Crippen LogP contribution is 2.26. The fraction of sp³-hybridized carbons (Fsp3) is 0.533. The van der Waals surface area contributed by atoms with Crippen molar-refractivity contribution in [3.8, 4) is 0 Å². The molecular formula is C15H21ClN2O. The normalized spacial score (nSPS) is 20.3. The Morgan fingerprint density at radius 1 is 1.47 bits per heavy atom. The van der Waals surface area contributed by atoms with Crippen LogP contribution in [0.15, 0.2) is 18.2 Å². The van der Waals surface area contributed by atoms with Gasteiger partial charge in [-0.15, -0.1) is 0 Å². The molecule has 3 nitrogen and oxygen atoms in total. The molecule has 0 radical (unpaired) electrons. The number of likely N-dealkylation sites (tertiary alicyclic amines) is 1. The number of anilines is 1. The molecule has 19 heavy (non-hydrogen) atoms. The van der Waals surface area contributed by atoms with Gasteiger partial charge >= 0.3 is 0 Å². The Balaban J connectivity index is 2.17. The van der Waals surface area contributed by atoms with Crippen LogP contribution >= 0.6 is 11.6 Å². The number of carbonyl (C=O) groups excluding carboxylic acids is 1. The van der Waals surface area contributed by atoms with Crippen molar-refractivity contribution in [1.82, 2.24) is 4.90 Å². The smallest absolute Gasteiger partial charge is 0.161 e. The minimum atomic E-state index is 0.0107. The van der Waals surface area contributed by atoms with Crippen molar-refractivity contribution in [2.24, 2.45) is 0 Å². The van der Waals surface area contributed by atoms with Crippen LogP contribution in [0.3, 0.4) is 0 Å². The lowest BCUT2D eigenvalue weighted by molar-refractivity contribution is 0.101. The van der Waals surface area contributed by atoms with Crippen molar-refractivity contribution in [2.45, 2.75) is 25.8 Å². The van der Waals surface area contributed by atoms with E-state index in [0.29, 0.717) is 16.6 Å². The zero-order chi connectivity index (χ0) is 14.0. The predicted molar refractivity (Wildman–Crippen MR) is 80.4 cm³/mol. The van der Waals surface area contributed by atoms with Gasteiger partial charge in [0.15, 0.2) is 5.78 Å². The third kappa shape index (κ3) is 3.28. The van der Waals surface area contributed by atoms with Gasteiger partial charge in [0.25, 0.3) is 0 Å². The van der Waals surface area contributed by atoms with Crippen LogP contribution in [0.5, 0.6) is 0 Å². The molecule has 1 heterocycles. The van der Waals surface area contributed by atoms with E-state index in [1.807, 2.05) is 18.2 Å². The lowest BCUT2D eigenvalue weighted by Gasteiger charge is -2.37. The van der Waals surface area contributed by atoms with E-state index in [9.17, 15) is 4.79 Å². The first-order valence-electron chi connectivity index (χ1n) is 6.71. The number of halogens is 1. The van der Waals surface area contributed by atoms with Gasteiger partial charge in [-0.25, -0.2) is 0 Å². The summed E-state index contributed by atoms with van der Waals surface area (Å²) in [6.45, 7) is 3.79. The van der Waals surface area contributed by atoms with Crippen LogP contribution in [0.4, 0.5) is 5.69 Å². The fourth-order valence-electron chi connectivity index (χ4n) is 2.68. The van der Waals surface area contributed by atoms with Crippen LogP contribution in [-0.2, 0) is 0 Å². The third-order valence-electron chi connectivity index (χ3n) is 3.89. The summed E-state index contributed by atoms with van der Waals surface area (Å²) in [6, 6.07) is 6.21. The molecule has 0 bridgehead atoms. The van der Waals surface area contributed by atoms with Crippen molar-refractivity contribution in [3.63, 3.8) is 0 Å². The Morgan fingerprint density at radius 3 is 2.79 bits per heavy atom. The van der Waals surface area contributed by atoms with Crippen LogP contribution in [0, 0.1) is 0 Å². The Labute approximate surface area is 120 Å². The van der Waals surface area contributed by atoms with Crippen molar-refractivity contribution in [1.29, 1.82) is 0 Å². The average molecular weight is 281 g/mol. The second-order valence-electron chi connectivity index (χ2n) is 5.39. The number of benzene rings is 1. The Hall–Kier alpha value is -1.06. The number of Topliss-reactive ketones (excluding diaryl/α,β-unsaturated/α-hetero) is 1. The summed E-state index contributed by atoms with van der Waals surface area (Å²) in [5.74, 6) is 0.0107. The number of nitrogens with zero attached hydrogens (tertiary/aromatic N) is 2. The SMILES string of the molecule is CC(=O)c1ccc(N(C)C2CCCN(C)C2)cc1Cl. The summed E-state index contributed by atoms with van der Waals surface area (Å²) in [4.78, 5) is 16.0. The van der Waals surface area contributed by atoms with Gasteiger partial charge in [0.2, 0.25) is 0 Å². The van der Waals surface area contributed by atoms with E-state index in [0.717, 1.165) is 12.2 Å². The van der Waals surface area contributed by atoms with E-state index in [1.54, 1.807) is 6.92 Å². The van der Waals surface area contributed by atoms with E-state index in [2.05, 4.69) is 23.9 Å². The van der Waals surface area contributed by atoms with Crippen molar-refractivity contribution < 1.29 is 4.79 Å². The maximum absolute atomic E-state index is 11.4. The summed E-state index contributed by atoms with van der Waals surface area (Å²) in [6.07, 6.45) is 2.43. The zero-order valence-electron chi connectivity index (χ0n) is 11.8. The molecule has 4 heteroatoms. The van der Waals surface area contributed by atoms with E-state index in [1.165, 1.54) is 19.4 Å². The summed E-state index contributed by atoms with van der Waals surface area (Å²) in [5, 5.41) is 0.543. The van der Waals surface area contributed by atoms with Crippen molar-refractivity contribution >= 4 is 23.1 Å². The predicted octanol–water partition coefficient (Wildman–Crippen LogP) is 3.07. The first kappa shape index (κ1) is 14.4. The molecule has 1 unspecified atom stereocenters. The van der Waals surface area contributed by atoms with Crippen molar-refractivity contribution in [3.05, 3.63) is 28.8 Å². The molecule has 0 amide bonds. The van der Waals surface area contributed by atoms with Gasteiger partial charge in [0, 0.05) is 30.9 Å². The first-order chi connectivity index (χ1) is 8.99. The molecule has 0 aliphatic carbocycles. The maximum atomic E-state index is 11.4. The number of carbonyl (C=O) groups is 1. The minimum Gasteiger partial charge on any atom is -0.370 e. The molecular weight excluding hydrogens is 260 g/mol.